The fraction of sp³-hybridized carbons (Fsp3) is 0.500. The van der Waals surface area contributed by atoms with Crippen LogP contribution in [0.1, 0.15) is 47.2 Å². The standard InChI is InChI=1S/C14H19NO2/c15-9-8-13(17)14-11-5-3-1-2-4-10(11)6-7-12(14)16/h6-7,16H,1-5,8-9,15H2. The maximum Gasteiger partial charge on any atom is 0.168 e. The zero-order chi connectivity index (χ0) is 12.3. The molecule has 3 N–H and O–H groups in total. The fourth-order valence-corrected chi connectivity index (χ4v) is 2.56. The summed E-state index contributed by atoms with van der Waals surface area (Å²) in [6, 6.07) is 3.60. The van der Waals surface area contributed by atoms with Gasteiger partial charge in [0.1, 0.15) is 5.75 Å². The maximum absolute atomic E-state index is 12.0. The van der Waals surface area contributed by atoms with Gasteiger partial charge in [0.25, 0.3) is 0 Å². The molecule has 3 heteroatoms. The lowest BCUT2D eigenvalue weighted by molar-refractivity contribution is 0.0982. The van der Waals surface area contributed by atoms with E-state index in [9.17, 15) is 9.90 Å². The normalized spacial score (nSPS) is 15.1. The largest absolute Gasteiger partial charge is 0.507 e. The summed E-state index contributed by atoms with van der Waals surface area (Å²) >= 11 is 0. The number of nitrogens with two attached hydrogens (primary N) is 1. The minimum atomic E-state index is -0.0243. The molecule has 0 radical (unpaired) electrons. The van der Waals surface area contributed by atoms with Crippen LogP contribution in [0, 0.1) is 0 Å². The number of aryl methyl sites for hydroxylation is 1. The van der Waals surface area contributed by atoms with Crippen LogP contribution in [0.5, 0.6) is 5.75 Å². The summed E-state index contributed by atoms with van der Waals surface area (Å²) in [6.45, 7) is 0.335. The molecule has 0 atom stereocenters. The average Bonchev–Trinajstić information content (AvgIpc) is 2.54. The predicted octanol–water partition coefficient (Wildman–Crippen LogP) is 2.19. The van der Waals surface area contributed by atoms with Gasteiger partial charge in [0.2, 0.25) is 0 Å². The molecule has 1 aromatic rings. The summed E-state index contributed by atoms with van der Waals surface area (Å²) in [5, 5.41) is 9.89. The first-order chi connectivity index (χ1) is 8.24. The van der Waals surface area contributed by atoms with Gasteiger partial charge in [-0.05, 0) is 49.4 Å². The first kappa shape index (κ1) is 12.1. The van der Waals surface area contributed by atoms with Crippen molar-refractivity contribution in [2.75, 3.05) is 6.54 Å². The summed E-state index contributed by atoms with van der Waals surface area (Å²) < 4.78 is 0. The number of ketones is 1. The van der Waals surface area contributed by atoms with Gasteiger partial charge in [-0.15, -0.1) is 0 Å². The smallest absolute Gasteiger partial charge is 0.168 e. The molecule has 0 amide bonds. The Morgan fingerprint density at radius 3 is 2.76 bits per heavy atom. The monoisotopic (exact) mass is 233 g/mol. The van der Waals surface area contributed by atoms with Crippen molar-refractivity contribution < 1.29 is 9.90 Å². The third-order valence-corrected chi connectivity index (χ3v) is 3.41. The Hall–Kier alpha value is -1.35. The van der Waals surface area contributed by atoms with Crippen LogP contribution in [0.15, 0.2) is 12.1 Å². The van der Waals surface area contributed by atoms with Gasteiger partial charge in [-0.2, -0.15) is 0 Å². The number of hydrogen-bond acceptors (Lipinski definition) is 3. The second-order valence-electron chi connectivity index (χ2n) is 4.62. The third-order valence-electron chi connectivity index (χ3n) is 3.41. The molecule has 0 fully saturated rings. The Labute approximate surface area is 102 Å². The van der Waals surface area contributed by atoms with Crippen molar-refractivity contribution in [3.8, 4) is 5.75 Å². The maximum atomic E-state index is 12.0. The van der Waals surface area contributed by atoms with Crippen LogP contribution < -0.4 is 5.73 Å². The Balaban J connectivity index is 2.45. The second-order valence-corrected chi connectivity index (χ2v) is 4.62. The molecule has 0 unspecified atom stereocenters. The fourth-order valence-electron chi connectivity index (χ4n) is 2.56. The molecule has 0 saturated carbocycles. The van der Waals surface area contributed by atoms with Gasteiger partial charge in [-0.3, -0.25) is 4.79 Å². The zero-order valence-corrected chi connectivity index (χ0v) is 10.0. The topological polar surface area (TPSA) is 63.3 Å². The Morgan fingerprint density at radius 1 is 1.24 bits per heavy atom. The van der Waals surface area contributed by atoms with Gasteiger partial charge in [-0.1, -0.05) is 12.5 Å². The van der Waals surface area contributed by atoms with E-state index in [-0.39, 0.29) is 11.5 Å². The lowest BCUT2D eigenvalue weighted by atomic mass is 9.93. The Kier molecular flexibility index (Phi) is 3.79. The van der Waals surface area contributed by atoms with Crippen molar-refractivity contribution in [3.05, 3.63) is 28.8 Å². The third kappa shape index (κ3) is 2.50. The molecule has 2 rings (SSSR count). The van der Waals surface area contributed by atoms with Crippen molar-refractivity contribution in [1.82, 2.24) is 0 Å². The first-order valence-corrected chi connectivity index (χ1v) is 6.31. The number of benzene rings is 1. The average molecular weight is 233 g/mol. The molecule has 0 bridgehead atoms. The minimum absolute atomic E-state index is 0.0243. The molecular weight excluding hydrogens is 214 g/mol. The summed E-state index contributed by atoms with van der Waals surface area (Å²) in [6.07, 6.45) is 5.68. The zero-order valence-electron chi connectivity index (χ0n) is 10.0. The van der Waals surface area contributed by atoms with Gasteiger partial charge in [-0.25, -0.2) is 0 Å². The van der Waals surface area contributed by atoms with Crippen molar-refractivity contribution >= 4 is 5.78 Å². The molecule has 0 heterocycles. The highest BCUT2D eigenvalue weighted by molar-refractivity contribution is 6.00. The molecule has 0 spiro atoms. The quantitative estimate of drug-likeness (QED) is 0.621. The number of phenolic OH excluding ortho intramolecular Hbond substituents is 1. The predicted molar refractivity (Wildman–Crippen MR) is 67.4 cm³/mol. The second kappa shape index (κ2) is 5.32. The molecule has 0 aliphatic heterocycles. The molecule has 1 aliphatic carbocycles. The van der Waals surface area contributed by atoms with Crippen molar-refractivity contribution in [2.45, 2.75) is 38.5 Å². The molecule has 92 valence electrons. The van der Waals surface area contributed by atoms with Gasteiger partial charge >= 0.3 is 0 Å². The molecular formula is C14H19NO2. The molecule has 1 aliphatic rings. The summed E-state index contributed by atoms with van der Waals surface area (Å²) in [5.74, 6) is 0.0906. The number of phenols is 1. The summed E-state index contributed by atoms with van der Waals surface area (Å²) in [4.78, 5) is 12.0. The SMILES string of the molecule is NCCC(=O)c1c(O)ccc2c1CCCCC2. The van der Waals surface area contributed by atoms with E-state index in [4.69, 9.17) is 5.73 Å². The number of rotatable bonds is 3. The number of aromatic hydroxyl groups is 1. The van der Waals surface area contributed by atoms with Crippen LogP contribution >= 0.6 is 0 Å². The summed E-state index contributed by atoms with van der Waals surface area (Å²) in [7, 11) is 0. The molecule has 17 heavy (non-hydrogen) atoms. The lowest BCUT2D eigenvalue weighted by Gasteiger charge is -2.13. The van der Waals surface area contributed by atoms with E-state index in [0.29, 0.717) is 18.5 Å². The van der Waals surface area contributed by atoms with Crippen molar-refractivity contribution in [3.63, 3.8) is 0 Å². The number of Topliss-reactive ketones (excluding diaryl/α,β-unsaturated/α-hetero) is 1. The van der Waals surface area contributed by atoms with Crippen LogP contribution in [0.3, 0.4) is 0 Å². The van der Waals surface area contributed by atoms with Crippen LogP contribution in [0.4, 0.5) is 0 Å². The van der Waals surface area contributed by atoms with Gasteiger partial charge in [0, 0.05) is 6.42 Å². The van der Waals surface area contributed by atoms with E-state index in [0.717, 1.165) is 24.8 Å². The van der Waals surface area contributed by atoms with Crippen molar-refractivity contribution in [1.29, 1.82) is 0 Å². The summed E-state index contributed by atoms with van der Waals surface area (Å²) in [5.41, 5.74) is 8.22. The Bertz CT molecular complexity index is 426. The highest BCUT2D eigenvalue weighted by Crippen LogP contribution is 2.30. The number of carbonyl (C=O) groups is 1. The van der Waals surface area contributed by atoms with E-state index in [1.54, 1.807) is 6.07 Å². The highest BCUT2D eigenvalue weighted by atomic mass is 16.3. The number of hydrogen-bond donors (Lipinski definition) is 2. The molecule has 1 aromatic carbocycles. The van der Waals surface area contributed by atoms with Crippen LogP contribution in [-0.4, -0.2) is 17.4 Å². The molecule has 0 aromatic heterocycles. The van der Waals surface area contributed by atoms with E-state index >= 15 is 0 Å². The van der Waals surface area contributed by atoms with Gasteiger partial charge in [0.15, 0.2) is 5.78 Å². The highest BCUT2D eigenvalue weighted by Gasteiger charge is 2.19. The number of carbonyl (C=O) groups excluding carboxylic acids is 1. The van der Waals surface area contributed by atoms with Crippen LogP contribution in [0.2, 0.25) is 0 Å². The van der Waals surface area contributed by atoms with Crippen LogP contribution in [-0.2, 0) is 12.8 Å². The molecule has 0 saturated heterocycles. The first-order valence-electron chi connectivity index (χ1n) is 6.31. The molecule has 3 nitrogen and oxygen atoms in total. The van der Waals surface area contributed by atoms with E-state index < -0.39 is 0 Å². The van der Waals surface area contributed by atoms with E-state index in [1.807, 2.05) is 6.07 Å². The van der Waals surface area contributed by atoms with Crippen molar-refractivity contribution in [2.24, 2.45) is 5.73 Å². The van der Waals surface area contributed by atoms with E-state index in [2.05, 4.69) is 0 Å². The lowest BCUT2D eigenvalue weighted by Crippen LogP contribution is -2.11. The number of fused-ring (bicyclic) bond motifs is 1. The van der Waals surface area contributed by atoms with Crippen LogP contribution in [0.25, 0.3) is 0 Å². The van der Waals surface area contributed by atoms with Gasteiger partial charge < -0.3 is 10.8 Å². The van der Waals surface area contributed by atoms with Gasteiger partial charge in [0.05, 0.1) is 5.56 Å². The van der Waals surface area contributed by atoms with E-state index in [1.165, 1.54) is 18.4 Å². The minimum Gasteiger partial charge on any atom is -0.507 e. The Morgan fingerprint density at radius 2 is 2.00 bits per heavy atom.